The van der Waals surface area contributed by atoms with Gasteiger partial charge in [0.1, 0.15) is 16.4 Å². The van der Waals surface area contributed by atoms with Gasteiger partial charge < -0.3 is 10.5 Å². The molecular formula is C12H7BrFN3OS. The van der Waals surface area contributed by atoms with Crippen LogP contribution in [0.1, 0.15) is 0 Å². The Morgan fingerprint density at radius 2 is 2.11 bits per heavy atom. The number of aromatic nitrogens is 2. The Hall–Kier alpha value is -1.73. The zero-order chi connectivity index (χ0) is 13.4. The minimum Gasteiger partial charge on any atom is -0.438 e. The van der Waals surface area contributed by atoms with Crippen molar-refractivity contribution in [2.45, 2.75) is 0 Å². The summed E-state index contributed by atoms with van der Waals surface area (Å²) in [6.07, 6.45) is 0. The van der Waals surface area contributed by atoms with E-state index in [2.05, 4.69) is 25.9 Å². The summed E-state index contributed by atoms with van der Waals surface area (Å²) in [4.78, 5) is 8.87. The second-order valence-electron chi connectivity index (χ2n) is 3.73. The highest BCUT2D eigenvalue weighted by Crippen LogP contribution is 2.32. The van der Waals surface area contributed by atoms with E-state index in [-0.39, 0.29) is 5.95 Å². The lowest BCUT2D eigenvalue weighted by molar-refractivity contribution is 0.464. The van der Waals surface area contributed by atoms with Crippen molar-refractivity contribution in [1.82, 2.24) is 9.97 Å². The number of thiophene rings is 1. The number of rotatable bonds is 2. The van der Waals surface area contributed by atoms with Gasteiger partial charge in [-0.3, -0.25) is 0 Å². The van der Waals surface area contributed by atoms with Gasteiger partial charge >= 0.3 is 0 Å². The zero-order valence-electron chi connectivity index (χ0n) is 9.43. The van der Waals surface area contributed by atoms with Crippen LogP contribution >= 0.6 is 27.3 Å². The number of halogens is 2. The van der Waals surface area contributed by atoms with Crippen LogP contribution in [0.5, 0.6) is 11.6 Å². The van der Waals surface area contributed by atoms with Gasteiger partial charge in [-0.05, 0) is 23.6 Å². The van der Waals surface area contributed by atoms with Crippen molar-refractivity contribution in [1.29, 1.82) is 0 Å². The number of ether oxygens (including phenoxy) is 1. The van der Waals surface area contributed by atoms with Crippen LogP contribution in [0.2, 0.25) is 0 Å². The molecule has 3 rings (SSSR count). The molecule has 4 nitrogen and oxygen atoms in total. The fourth-order valence-electron chi connectivity index (χ4n) is 1.62. The molecule has 0 amide bonds. The summed E-state index contributed by atoms with van der Waals surface area (Å²) in [5, 5.41) is 2.62. The van der Waals surface area contributed by atoms with Crippen LogP contribution in [-0.4, -0.2) is 9.97 Å². The van der Waals surface area contributed by atoms with Gasteiger partial charge in [-0.15, -0.1) is 11.3 Å². The van der Waals surface area contributed by atoms with Crippen molar-refractivity contribution >= 4 is 43.4 Å². The molecule has 2 N–H and O–H groups in total. The molecule has 0 aliphatic rings. The predicted molar refractivity (Wildman–Crippen MR) is 76.0 cm³/mol. The van der Waals surface area contributed by atoms with Crippen molar-refractivity contribution in [3.8, 4) is 11.6 Å². The van der Waals surface area contributed by atoms with Gasteiger partial charge in [-0.25, -0.2) is 9.37 Å². The van der Waals surface area contributed by atoms with E-state index >= 15 is 0 Å². The maximum Gasteiger partial charge on any atom is 0.232 e. The summed E-state index contributed by atoms with van der Waals surface area (Å²) in [7, 11) is 0. The predicted octanol–water partition coefficient (Wildman–Crippen LogP) is 3.97. The standard InChI is InChI=1S/C12H7BrFN3OS/c13-6-3-7(14)5-8(4-6)18-10-9-1-2-19-11(9)17-12(15)16-10/h1-5H,(H2,15,16,17). The first-order valence-electron chi connectivity index (χ1n) is 5.26. The summed E-state index contributed by atoms with van der Waals surface area (Å²) >= 11 is 4.65. The van der Waals surface area contributed by atoms with Gasteiger partial charge in [0.15, 0.2) is 0 Å². The SMILES string of the molecule is Nc1nc(Oc2cc(F)cc(Br)c2)c2ccsc2n1. The van der Waals surface area contributed by atoms with Gasteiger partial charge in [0.2, 0.25) is 11.8 Å². The Bertz CT molecular complexity index is 742. The minimum atomic E-state index is -0.395. The van der Waals surface area contributed by atoms with E-state index in [1.807, 2.05) is 11.4 Å². The molecule has 0 radical (unpaired) electrons. The summed E-state index contributed by atoms with van der Waals surface area (Å²) in [6.45, 7) is 0. The number of nitrogens with two attached hydrogens (primary N) is 1. The van der Waals surface area contributed by atoms with E-state index in [9.17, 15) is 4.39 Å². The topological polar surface area (TPSA) is 61.0 Å². The van der Waals surface area contributed by atoms with Crippen LogP contribution in [0.15, 0.2) is 34.1 Å². The molecular weight excluding hydrogens is 333 g/mol. The van der Waals surface area contributed by atoms with Crippen LogP contribution in [0.25, 0.3) is 10.2 Å². The van der Waals surface area contributed by atoms with E-state index in [1.165, 1.54) is 23.5 Å². The fraction of sp³-hybridized carbons (Fsp3) is 0. The maximum atomic E-state index is 13.3. The Morgan fingerprint density at radius 3 is 2.89 bits per heavy atom. The third kappa shape index (κ3) is 2.52. The van der Waals surface area contributed by atoms with Crippen molar-refractivity contribution < 1.29 is 9.13 Å². The van der Waals surface area contributed by atoms with Crippen molar-refractivity contribution in [3.63, 3.8) is 0 Å². The molecule has 2 heterocycles. The van der Waals surface area contributed by atoms with Crippen molar-refractivity contribution in [3.05, 3.63) is 39.9 Å². The molecule has 0 aliphatic carbocycles. The third-order valence-electron chi connectivity index (χ3n) is 2.36. The molecule has 0 saturated heterocycles. The highest BCUT2D eigenvalue weighted by molar-refractivity contribution is 9.10. The highest BCUT2D eigenvalue weighted by Gasteiger charge is 2.10. The number of benzene rings is 1. The number of nitrogens with zero attached hydrogens (tertiary/aromatic N) is 2. The molecule has 19 heavy (non-hydrogen) atoms. The van der Waals surface area contributed by atoms with E-state index in [1.54, 1.807) is 6.07 Å². The molecule has 7 heteroatoms. The average molecular weight is 340 g/mol. The van der Waals surface area contributed by atoms with E-state index in [0.717, 1.165) is 10.2 Å². The Kier molecular flexibility index (Phi) is 3.08. The van der Waals surface area contributed by atoms with Gasteiger partial charge in [0.05, 0.1) is 5.39 Å². The molecule has 0 unspecified atom stereocenters. The summed E-state index contributed by atoms with van der Waals surface area (Å²) in [5.74, 6) is 0.395. The third-order valence-corrected chi connectivity index (χ3v) is 3.62. The van der Waals surface area contributed by atoms with Crippen LogP contribution in [-0.2, 0) is 0 Å². The molecule has 3 aromatic rings. The summed E-state index contributed by atoms with van der Waals surface area (Å²) < 4.78 is 19.5. The van der Waals surface area contributed by atoms with Crippen molar-refractivity contribution in [2.75, 3.05) is 5.73 Å². The average Bonchev–Trinajstić information content (AvgIpc) is 2.75. The minimum absolute atomic E-state index is 0.125. The first-order valence-corrected chi connectivity index (χ1v) is 6.94. The van der Waals surface area contributed by atoms with Gasteiger partial charge in [-0.1, -0.05) is 15.9 Å². The fourth-order valence-corrected chi connectivity index (χ4v) is 2.83. The van der Waals surface area contributed by atoms with Crippen LogP contribution in [0.4, 0.5) is 10.3 Å². The summed E-state index contributed by atoms with van der Waals surface area (Å²) in [6, 6.07) is 6.12. The van der Waals surface area contributed by atoms with Gasteiger partial charge in [-0.2, -0.15) is 4.98 Å². The lowest BCUT2D eigenvalue weighted by atomic mass is 10.3. The number of hydrogen-bond donors (Lipinski definition) is 1. The molecule has 96 valence electrons. The normalized spacial score (nSPS) is 10.8. The first kappa shape index (κ1) is 12.3. The second-order valence-corrected chi connectivity index (χ2v) is 5.54. The largest absolute Gasteiger partial charge is 0.438 e. The lowest BCUT2D eigenvalue weighted by Gasteiger charge is -2.07. The monoisotopic (exact) mass is 339 g/mol. The Balaban J connectivity index is 2.07. The number of hydrogen-bond acceptors (Lipinski definition) is 5. The Labute approximate surface area is 120 Å². The van der Waals surface area contributed by atoms with Crippen LogP contribution < -0.4 is 10.5 Å². The zero-order valence-corrected chi connectivity index (χ0v) is 11.8. The van der Waals surface area contributed by atoms with E-state index in [0.29, 0.717) is 16.1 Å². The first-order chi connectivity index (χ1) is 9.11. The lowest BCUT2D eigenvalue weighted by Crippen LogP contribution is -1.97. The number of nitrogen functional groups attached to an aromatic ring is 1. The van der Waals surface area contributed by atoms with Gasteiger partial charge in [0, 0.05) is 10.5 Å². The number of fused-ring (bicyclic) bond motifs is 1. The number of anilines is 1. The van der Waals surface area contributed by atoms with Gasteiger partial charge in [0.25, 0.3) is 0 Å². The molecule has 0 bridgehead atoms. The molecule has 0 saturated carbocycles. The molecule has 2 aromatic heterocycles. The Morgan fingerprint density at radius 1 is 1.26 bits per heavy atom. The van der Waals surface area contributed by atoms with Crippen LogP contribution in [0.3, 0.4) is 0 Å². The molecule has 0 atom stereocenters. The highest BCUT2D eigenvalue weighted by atomic mass is 79.9. The van der Waals surface area contributed by atoms with E-state index < -0.39 is 5.82 Å². The van der Waals surface area contributed by atoms with Crippen molar-refractivity contribution in [2.24, 2.45) is 0 Å². The quantitative estimate of drug-likeness (QED) is 0.767. The molecule has 0 fully saturated rings. The summed E-state index contributed by atoms with van der Waals surface area (Å²) in [5.41, 5.74) is 5.62. The van der Waals surface area contributed by atoms with Crippen LogP contribution in [0, 0.1) is 5.82 Å². The molecule has 0 aliphatic heterocycles. The van der Waals surface area contributed by atoms with E-state index in [4.69, 9.17) is 10.5 Å². The second kappa shape index (κ2) is 4.75. The molecule has 1 aromatic carbocycles. The maximum absolute atomic E-state index is 13.3. The molecule has 0 spiro atoms. The smallest absolute Gasteiger partial charge is 0.232 e.